The summed E-state index contributed by atoms with van der Waals surface area (Å²) in [7, 11) is 0. The van der Waals surface area contributed by atoms with Gasteiger partial charge in [0.2, 0.25) is 0 Å². The van der Waals surface area contributed by atoms with Crippen LogP contribution in [0, 0.1) is 5.92 Å². The van der Waals surface area contributed by atoms with Crippen LogP contribution in [0.1, 0.15) is 61.5 Å². The van der Waals surface area contributed by atoms with Gasteiger partial charge < -0.3 is 10.3 Å². The van der Waals surface area contributed by atoms with E-state index >= 15 is 0 Å². The van der Waals surface area contributed by atoms with Crippen LogP contribution in [0.15, 0.2) is 181 Å². The first-order valence-electron chi connectivity index (χ1n) is 20.9. The highest BCUT2D eigenvalue weighted by atomic mass is 15.0. The van der Waals surface area contributed by atoms with Crippen molar-refractivity contribution in [3.05, 3.63) is 193 Å². The van der Waals surface area contributed by atoms with Crippen molar-refractivity contribution in [2.75, 3.05) is 0 Å². The summed E-state index contributed by atoms with van der Waals surface area (Å²) >= 11 is 0. The minimum Gasteiger partial charge on any atom is -0.397 e. The number of hydrogen-bond donors (Lipinski definition) is 1. The van der Waals surface area contributed by atoms with Crippen molar-refractivity contribution < 1.29 is 0 Å². The second-order valence-corrected chi connectivity index (χ2v) is 15.8. The van der Waals surface area contributed by atoms with E-state index in [9.17, 15) is 0 Å². The first-order valence-corrected chi connectivity index (χ1v) is 20.9. The molecule has 0 bridgehead atoms. The second kappa shape index (κ2) is 16.2. The van der Waals surface area contributed by atoms with Crippen LogP contribution < -0.4 is 5.73 Å². The predicted molar refractivity (Wildman–Crippen MR) is 247 cm³/mol. The summed E-state index contributed by atoms with van der Waals surface area (Å²) in [5, 5.41) is 3.68. The molecule has 1 aliphatic heterocycles. The standard InChI is InChI=1S/C53H45N7/c1-35-42(38(19-22-40-13-5-9-27-55-40)32-46(54)47-16-6-10-28-56-47)25-26-44-45-24-21-37-31-36(20-23-43(37)53(45)60(52(35)44)41-14-3-2-4-15-41)39-33-50(48-17-7-11-29-57-48)59-51(34-39)49-18-8-12-30-58-49/h2-4,6-12,14,16-21,23-35,41-42H,5,13,15,22,54H2,1H3/b38-19+,46-32-. The van der Waals surface area contributed by atoms with E-state index in [1.54, 1.807) is 6.20 Å². The molecule has 7 heteroatoms. The van der Waals surface area contributed by atoms with Crippen molar-refractivity contribution in [1.29, 1.82) is 0 Å². The van der Waals surface area contributed by atoms with E-state index in [0.717, 1.165) is 65.3 Å². The van der Waals surface area contributed by atoms with Gasteiger partial charge in [-0.15, -0.1) is 0 Å². The number of nitrogens with zero attached hydrogens (tertiary/aromatic N) is 6. The molecule has 60 heavy (non-hydrogen) atoms. The van der Waals surface area contributed by atoms with Crippen molar-refractivity contribution in [3.8, 4) is 33.9 Å². The third kappa shape index (κ3) is 7.13. The van der Waals surface area contributed by atoms with Gasteiger partial charge in [0.05, 0.1) is 45.7 Å². The summed E-state index contributed by atoms with van der Waals surface area (Å²) in [5.41, 5.74) is 20.0. The molecule has 3 unspecified atom stereocenters. The maximum absolute atomic E-state index is 6.81. The van der Waals surface area contributed by atoms with E-state index in [-0.39, 0.29) is 17.9 Å². The Kier molecular flexibility index (Phi) is 9.99. The zero-order chi connectivity index (χ0) is 40.4. The van der Waals surface area contributed by atoms with E-state index in [4.69, 9.17) is 15.7 Å². The van der Waals surface area contributed by atoms with Crippen LogP contribution in [0.25, 0.3) is 67.4 Å². The van der Waals surface area contributed by atoms with Gasteiger partial charge in [0.1, 0.15) is 0 Å². The Labute approximate surface area is 350 Å². The van der Waals surface area contributed by atoms with E-state index in [2.05, 4.69) is 124 Å². The van der Waals surface area contributed by atoms with Crippen molar-refractivity contribution >= 4 is 39.2 Å². The Bertz CT molecular complexity index is 2890. The molecule has 10 rings (SSSR count). The molecule has 3 atom stereocenters. The SMILES string of the molecule is CC1c2c(c3ccc4cc(-c5cc(-c6ccccn6)nc(-c6ccccn6)c5)ccc4c3n2C2C=CC=CC2)C=CC1C(/C=C(\N)c1ccccn1)=C/CC1=NC=CCC1. The van der Waals surface area contributed by atoms with Gasteiger partial charge in [-0.05, 0) is 102 Å². The largest absolute Gasteiger partial charge is 0.397 e. The van der Waals surface area contributed by atoms with E-state index in [1.165, 1.54) is 44.2 Å². The number of rotatable bonds is 9. The smallest absolute Gasteiger partial charge is 0.0900 e. The Balaban J connectivity index is 1.10. The summed E-state index contributed by atoms with van der Waals surface area (Å²) in [6.45, 7) is 2.38. The lowest BCUT2D eigenvalue weighted by atomic mass is 9.78. The van der Waals surface area contributed by atoms with Gasteiger partial charge in [-0.25, -0.2) is 4.98 Å². The summed E-state index contributed by atoms with van der Waals surface area (Å²) in [5.74, 6) is 0.252. The lowest BCUT2D eigenvalue weighted by Gasteiger charge is -2.31. The number of hydrogen-bond acceptors (Lipinski definition) is 6. The van der Waals surface area contributed by atoms with Crippen LogP contribution in [0.3, 0.4) is 0 Å². The molecule has 2 aromatic carbocycles. The number of benzene rings is 2. The fourth-order valence-electron chi connectivity index (χ4n) is 9.04. The maximum Gasteiger partial charge on any atom is 0.0900 e. The van der Waals surface area contributed by atoms with Crippen molar-refractivity contribution in [2.45, 2.75) is 44.6 Å². The van der Waals surface area contributed by atoms with E-state index in [1.807, 2.05) is 73.2 Å². The molecule has 3 aliphatic rings. The van der Waals surface area contributed by atoms with Gasteiger partial charge in [-0.1, -0.05) is 98.0 Å². The lowest BCUT2D eigenvalue weighted by Crippen LogP contribution is -2.20. The zero-order valence-electron chi connectivity index (χ0n) is 33.6. The van der Waals surface area contributed by atoms with Gasteiger partial charge >= 0.3 is 0 Å². The Hall–Kier alpha value is -7.25. The summed E-state index contributed by atoms with van der Waals surface area (Å²) in [6.07, 6.45) is 31.4. The van der Waals surface area contributed by atoms with Crippen LogP contribution in [0.2, 0.25) is 0 Å². The molecule has 0 saturated heterocycles. The number of aromatic nitrogens is 5. The monoisotopic (exact) mass is 779 g/mol. The fraction of sp³-hybridized carbons (Fsp3) is 0.151. The summed E-state index contributed by atoms with van der Waals surface area (Å²) in [4.78, 5) is 23.6. The first-order chi connectivity index (χ1) is 29.6. The second-order valence-electron chi connectivity index (χ2n) is 15.8. The molecule has 0 spiro atoms. The first kappa shape index (κ1) is 37.0. The van der Waals surface area contributed by atoms with Gasteiger partial charge in [-0.2, -0.15) is 0 Å². The molecule has 0 radical (unpaired) electrons. The number of pyridine rings is 4. The number of fused-ring (bicyclic) bond motifs is 5. The lowest BCUT2D eigenvalue weighted by molar-refractivity contribution is 0.528. The van der Waals surface area contributed by atoms with E-state index < -0.39 is 0 Å². The number of allylic oxidation sites excluding steroid dienone is 9. The Morgan fingerprint density at radius 1 is 0.767 bits per heavy atom. The zero-order valence-corrected chi connectivity index (χ0v) is 33.6. The maximum atomic E-state index is 6.81. The van der Waals surface area contributed by atoms with Crippen molar-refractivity contribution in [3.63, 3.8) is 0 Å². The molecule has 2 aliphatic carbocycles. The topological polar surface area (TPSA) is 94.9 Å². The van der Waals surface area contributed by atoms with Crippen molar-refractivity contribution in [1.82, 2.24) is 24.5 Å². The van der Waals surface area contributed by atoms with Crippen molar-refractivity contribution in [2.24, 2.45) is 16.6 Å². The molecule has 292 valence electrons. The molecule has 0 fully saturated rings. The van der Waals surface area contributed by atoms with Crippen LogP contribution in [0.5, 0.6) is 0 Å². The Morgan fingerprint density at radius 2 is 1.53 bits per heavy atom. The Morgan fingerprint density at radius 3 is 2.22 bits per heavy atom. The van der Waals surface area contributed by atoms with Gasteiger partial charge in [0.25, 0.3) is 0 Å². The molecular formula is C53H45N7. The van der Waals surface area contributed by atoms with E-state index in [0.29, 0.717) is 5.70 Å². The van der Waals surface area contributed by atoms with Gasteiger partial charge in [-0.3, -0.25) is 19.9 Å². The highest BCUT2D eigenvalue weighted by molar-refractivity contribution is 6.10. The number of aliphatic imine (C=N–C) groups is 1. The van der Waals surface area contributed by atoms with Gasteiger partial charge in [0, 0.05) is 70.8 Å². The molecule has 6 heterocycles. The average Bonchev–Trinajstić information content (AvgIpc) is 3.67. The molecule has 0 saturated carbocycles. The van der Waals surface area contributed by atoms with Crippen LogP contribution >= 0.6 is 0 Å². The third-order valence-electron chi connectivity index (χ3n) is 12.0. The van der Waals surface area contributed by atoms with Crippen LogP contribution in [0.4, 0.5) is 0 Å². The summed E-state index contributed by atoms with van der Waals surface area (Å²) in [6, 6.07) is 33.7. The molecule has 7 nitrogen and oxygen atoms in total. The minimum atomic E-state index is 0.0943. The van der Waals surface area contributed by atoms with Gasteiger partial charge in [0.15, 0.2) is 0 Å². The highest BCUT2D eigenvalue weighted by Gasteiger charge is 2.33. The normalized spacial score (nSPS) is 18.9. The summed E-state index contributed by atoms with van der Waals surface area (Å²) < 4.78 is 2.64. The predicted octanol–water partition coefficient (Wildman–Crippen LogP) is 12.2. The third-order valence-corrected chi connectivity index (χ3v) is 12.0. The molecule has 2 N–H and O–H groups in total. The van der Waals surface area contributed by atoms with Crippen LogP contribution in [-0.2, 0) is 0 Å². The average molecular weight is 780 g/mol. The fourth-order valence-corrected chi connectivity index (χ4v) is 9.04. The minimum absolute atomic E-state index is 0.0943. The molecule has 5 aromatic heterocycles. The molecular weight excluding hydrogens is 735 g/mol. The highest BCUT2D eigenvalue weighted by Crippen LogP contribution is 2.47. The van der Waals surface area contributed by atoms with Crippen LogP contribution in [-0.4, -0.2) is 30.2 Å². The molecule has 7 aromatic rings. The number of nitrogens with two attached hydrogens (primary N) is 1. The molecule has 0 amide bonds. The quantitative estimate of drug-likeness (QED) is 0.147.